The van der Waals surface area contributed by atoms with Gasteiger partial charge in [0.25, 0.3) is 0 Å². The van der Waals surface area contributed by atoms with Crippen molar-refractivity contribution < 1.29 is 4.79 Å². The average Bonchev–Trinajstić information content (AvgIpc) is 2.98. The summed E-state index contributed by atoms with van der Waals surface area (Å²) in [6.45, 7) is 0. The predicted octanol–water partition coefficient (Wildman–Crippen LogP) is 1.47. The number of nitrogens with one attached hydrogen (secondary N) is 3. The van der Waals surface area contributed by atoms with Crippen LogP contribution in [0.3, 0.4) is 0 Å². The fourth-order valence-electron chi connectivity index (χ4n) is 1.77. The highest BCUT2D eigenvalue weighted by Crippen LogP contribution is 2.15. The first-order chi connectivity index (χ1) is 8.81. The number of H-pyrrole nitrogens is 2. The molecule has 0 aliphatic heterocycles. The zero-order valence-electron chi connectivity index (χ0n) is 9.47. The Bertz CT molecular complexity index is 671. The van der Waals surface area contributed by atoms with Gasteiger partial charge in [-0.2, -0.15) is 5.10 Å². The Morgan fingerprint density at radius 3 is 3.11 bits per heavy atom. The Kier molecular flexibility index (Phi) is 2.53. The highest BCUT2D eigenvalue weighted by atomic mass is 16.1. The normalized spacial score (nSPS) is 10.7. The minimum atomic E-state index is -0.0851. The number of nitrogens with zero attached hydrogens (tertiary/aromatic N) is 2. The fourth-order valence-corrected chi connectivity index (χ4v) is 1.77. The molecule has 0 radical (unpaired) electrons. The summed E-state index contributed by atoms with van der Waals surface area (Å²) in [5.41, 5.74) is 3.31. The SMILES string of the molecule is O=C(Cc1ccn[nH]1)Nc1ccc2nc[nH]c2c1. The third-order valence-corrected chi connectivity index (χ3v) is 2.61. The summed E-state index contributed by atoms with van der Waals surface area (Å²) in [7, 11) is 0. The number of amides is 1. The van der Waals surface area contributed by atoms with Gasteiger partial charge >= 0.3 is 0 Å². The van der Waals surface area contributed by atoms with Crippen molar-refractivity contribution in [1.82, 2.24) is 20.2 Å². The number of imidazole rings is 1. The number of carbonyl (C=O) groups excluding carboxylic acids is 1. The molecule has 0 aliphatic rings. The fraction of sp³-hybridized carbons (Fsp3) is 0.0833. The molecule has 18 heavy (non-hydrogen) atoms. The van der Waals surface area contributed by atoms with E-state index in [1.165, 1.54) is 0 Å². The van der Waals surface area contributed by atoms with Crippen LogP contribution in [0.15, 0.2) is 36.8 Å². The van der Waals surface area contributed by atoms with E-state index in [9.17, 15) is 4.79 Å². The van der Waals surface area contributed by atoms with Crippen LogP contribution in [0.1, 0.15) is 5.69 Å². The molecular formula is C12H11N5O. The maximum atomic E-state index is 11.8. The predicted molar refractivity (Wildman–Crippen MR) is 67.0 cm³/mol. The topological polar surface area (TPSA) is 86.5 Å². The van der Waals surface area contributed by atoms with Crippen LogP contribution in [0.2, 0.25) is 0 Å². The lowest BCUT2D eigenvalue weighted by molar-refractivity contribution is -0.115. The quantitative estimate of drug-likeness (QED) is 0.649. The van der Waals surface area contributed by atoms with Crippen molar-refractivity contribution in [1.29, 1.82) is 0 Å². The van der Waals surface area contributed by atoms with E-state index in [4.69, 9.17) is 0 Å². The minimum absolute atomic E-state index is 0.0851. The van der Waals surface area contributed by atoms with Gasteiger partial charge in [0.1, 0.15) is 0 Å². The minimum Gasteiger partial charge on any atom is -0.345 e. The second kappa shape index (κ2) is 4.33. The maximum Gasteiger partial charge on any atom is 0.230 e. The number of carbonyl (C=O) groups is 1. The highest BCUT2D eigenvalue weighted by Gasteiger charge is 2.06. The van der Waals surface area contributed by atoms with Gasteiger partial charge in [0.2, 0.25) is 5.91 Å². The van der Waals surface area contributed by atoms with Crippen LogP contribution in [0.25, 0.3) is 11.0 Å². The molecule has 0 saturated heterocycles. The van der Waals surface area contributed by atoms with Crippen molar-refractivity contribution in [3.05, 3.63) is 42.5 Å². The molecule has 2 heterocycles. The Morgan fingerprint density at radius 1 is 1.33 bits per heavy atom. The van der Waals surface area contributed by atoms with Gasteiger partial charge in [-0.1, -0.05) is 0 Å². The molecule has 1 amide bonds. The van der Waals surface area contributed by atoms with E-state index in [1.807, 2.05) is 18.2 Å². The van der Waals surface area contributed by atoms with Gasteiger partial charge in [-0.25, -0.2) is 4.98 Å². The van der Waals surface area contributed by atoms with Gasteiger partial charge in [0, 0.05) is 17.6 Å². The molecule has 3 aromatic rings. The Morgan fingerprint density at radius 2 is 2.28 bits per heavy atom. The number of hydrogen-bond donors (Lipinski definition) is 3. The molecule has 90 valence electrons. The van der Waals surface area contributed by atoms with Crippen molar-refractivity contribution in [2.75, 3.05) is 5.32 Å². The van der Waals surface area contributed by atoms with Crippen LogP contribution < -0.4 is 5.32 Å². The molecule has 0 unspecified atom stereocenters. The van der Waals surface area contributed by atoms with Crippen LogP contribution >= 0.6 is 0 Å². The Labute approximate surface area is 102 Å². The van der Waals surface area contributed by atoms with E-state index in [1.54, 1.807) is 18.6 Å². The first-order valence-corrected chi connectivity index (χ1v) is 5.52. The summed E-state index contributed by atoms with van der Waals surface area (Å²) >= 11 is 0. The van der Waals surface area contributed by atoms with Crippen LogP contribution in [-0.4, -0.2) is 26.1 Å². The second-order valence-electron chi connectivity index (χ2n) is 3.94. The first-order valence-electron chi connectivity index (χ1n) is 5.52. The highest BCUT2D eigenvalue weighted by molar-refractivity contribution is 5.93. The Hall–Kier alpha value is -2.63. The van der Waals surface area contributed by atoms with Gasteiger partial charge in [0.15, 0.2) is 0 Å². The zero-order valence-corrected chi connectivity index (χ0v) is 9.47. The number of hydrogen-bond acceptors (Lipinski definition) is 3. The second-order valence-corrected chi connectivity index (χ2v) is 3.94. The van der Waals surface area contributed by atoms with E-state index >= 15 is 0 Å². The smallest absolute Gasteiger partial charge is 0.230 e. The summed E-state index contributed by atoms with van der Waals surface area (Å²) in [4.78, 5) is 18.9. The first kappa shape index (κ1) is 10.5. The summed E-state index contributed by atoms with van der Waals surface area (Å²) in [5.74, 6) is -0.0851. The van der Waals surface area contributed by atoms with Crippen LogP contribution in [0.4, 0.5) is 5.69 Å². The third-order valence-electron chi connectivity index (χ3n) is 2.61. The molecule has 6 nitrogen and oxygen atoms in total. The molecule has 3 rings (SSSR count). The van der Waals surface area contributed by atoms with Gasteiger partial charge in [-0.15, -0.1) is 0 Å². The third kappa shape index (κ3) is 2.08. The van der Waals surface area contributed by atoms with Gasteiger partial charge in [-0.05, 0) is 24.3 Å². The summed E-state index contributed by atoms with van der Waals surface area (Å²) in [5, 5.41) is 9.38. The van der Waals surface area contributed by atoms with Crippen LogP contribution in [0.5, 0.6) is 0 Å². The van der Waals surface area contributed by atoms with E-state index in [-0.39, 0.29) is 12.3 Å². The number of rotatable bonds is 3. The molecule has 0 fully saturated rings. The number of fused-ring (bicyclic) bond motifs is 1. The molecule has 6 heteroatoms. The van der Waals surface area contributed by atoms with Crippen molar-refractivity contribution in [3.63, 3.8) is 0 Å². The zero-order chi connectivity index (χ0) is 12.4. The van der Waals surface area contributed by atoms with Crippen LogP contribution in [-0.2, 0) is 11.2 Å². The Balaban J connectivity index is 1.73. The molecule has 2 aromatic heterocycles. The van der Waals surface area contributed by atoms with Gasteiger partial charge in [0.05, 0.1) is 23.8 Å². The molecule has 3 N–H and O–H groups in total. The summed E-state index contributed by atoms with van der Waals surface area (Å²) < 4.78 is 0. The summed E-state index contributed by atoms with van der Waals surface area (Å²) in [6.07, 6.45) is 3.53. The van der Waals surface area contributed by atoms with Crippen molar-refractivity contribution in [2.24, 2.45) is 0 Å². The lowest BCUT2D eigenvalue weighted by Crippen LogP contribution is -2.14. The lowest BCUT2D eigenvalue weighted by atomic mass is 10.2. The van der Waals surface area contributed by atoms with Crippen LogP contribution in [0, 0.1) is 0 Å². The number of anilines is 1. The van der Waals surface area contributed by atoms with Gasteiger partial charge in [-0.3, -0.25) is 9.89 Å². The van der Waals surface area contributed by atoms with E-state index < -0.39 is 0 Å². The van der Waals surface area contributed by atoms with Crippen molar-refractivity contribution in [3.8, 4) is 0 Å². The van der Waals surface area contributed by atoms with E-state index in [2.05, 4.69) is 25.5 Å². The largest absolute Gasteiger partial charge is 0.345 e. The van der Waals surface area contributed by atoms with Gasteiger partial charge < -0.3 is 10.3 Å². The standard InChI is InChI=1S/C12H11N5O/c18-12(6-9-3-4-15-17-9)16-8-1-2-10-11(5-8)14-7-13-10/h1-5,7H,6H2,(H,13,14)(H,15,17)(H,16,18). The molecule has 0 saturated carbocycles. The van der Waals surface area contributed by atoms with E-state index in [0.717, 1.165) is 22.4 Å². The molecule has 0 aliphatic carbocycles. The molecular weight excluding hydrogens is 230 g/mol. The monoisotopic (exact) mass is 241 g/mol. The summed E-state index contributed by atoms with van der Waals surface area (Å²) in [6, 6.07) is 7.32. The molecule has 0 spiro atoms. The van der Waals surface area contributed by atoms with Crippen molar-refractivity contribution >= 4 is 22.6 Å². The number of aromatic nitrogens is 4. The average molecular weight is 241 g/mol. The molecule has 0 bridgehead atoms. The maximum absolute atomic E-state index is 11.8. The number of aromatic amines is 2. The number of benzene rings is 1. The van der Waals surface area contributed by atoms with Crippen molar-refractivity contribution in [2.45, 2.75) is 6.42 Å². The van der Waals surface area contributed by atoms with E-state index in [0.29, 0.717) is 0 Å². The molecule has 0 atom stereocenters. The lowest BCUT2D eigenvalue weighted by Gasteiger charge is -2.03. The molecule has 1 aromatic carbocycles.